The Morgan fingerprint density at radius 2 is 1.97 bits per heavy atom. The molecule has 1 aromatic heterocycles. The SMILES string of the molecule is CCCOc1ccc(C(C)NC(=O)c2cnn(-c3cccc(Cl)c3)c2C(F)(F)F)cc1OC. The maximum Gasteiger partial charge on any atom is 0.434 e. The first-order valence-corrected chi connectivity index (χ1v) is 10.6. The van der Waals surface area contributed by atoms with E-state index < -0.39 is 29.4 Å². The van der Waals surface area contributed by atoms with Crippen LogP contribution in [0.1, 0.15) is 47.9 Å². The quantitative estimate of drug-likeness (QED) is 0.439. The number of amides is 1. The minimum atomic E-state index is -4.82. The number of carbonyl (C=O) groups excluding carboxylic acids is 1. The van der Waals surface area contributed by atoms with E-state index >= 15 is 0 Å². The summed E-state index contributed by atoms with van der Waals surface area (Å²) in [4.78, 5) is 12.8. The number of hydrogen-bond donors (Lipinski definition) is 1. The topological polar surface area (TPSA) is 65.4 Å². The number of methoxy groups -OCH3 is 1. The zero-order valence-corrected chi connectivity index (χ0v) is 19.0. The molecule has 0 saturated carbocycles. The second-order valence-corrected chi connectivity index (χ2v) is 7.69. The molecule has 0 aliphatic heterocycles. The second kappa shape index (κ2) is 10.2. The molecule has 0 aliphatic rings. The van der Waals surface area contributed by atoms with E-state index in [2.05, 4.69) is 10.4 Å². The molecule has 10 heteroatoms. The average Bonchev–Trinajstić information content (AvgIpc) is 3.23. The lowest BCUT2D eigenvalue weighted by Crippen LogP contribution is -2.29. The highest BCUT2D eigenvalue weighted by Crippen LogP contribution is 2.35. The van der Waals surface area contributed by atoms with E-state index in [1.54, 1.807) is 25.1 Å². The van der Waals surface area contributed by atoms with E-state index in [1.165, 1.54) is 31.4 Å². The van der Waals surface area contributed by atoms with E-state index in [-0.39, 0.29) is 10.7 Å². The molecule has 0 radical (unpaired) electrons. The summed E-state index contributed by atoms with van der Waals surface area (Å²) in [6, 6.07) is 10.3. The summed E-state index contributed by atoms with van der Waals surface area (Å²) in [5, 5.41) is 6.65. The molecule has 1 amide bonds. The van der Waals surface area contributed by atoms with Gasteiger partial charge in [0, 0.05) is 5.02 Å². The fourth-order valence-corrected chi connectivity index (χ4v) is 3.42. The molecular formula is C23H23ClF3N3O3. The molecule has 0 aliphatic carbocycles. The molecular weight excluding hydrogens is 459 g/mol. The summed E-state index contributed by atoms with van der Waals surface area (Å²) < 4.78 is 53.3. The molecule has 3 aromatic rings. The van der Waals surface area contributed by atoms with Crippen LogP contribution in [0.3, 0.4) is 0 Å². The Bertz CT molecular complexity index is 1130. The number of ether oxygens (including phenoxy) is 2. The van der Waals surface area contributed by atoms with Crippen LogP contribution in [0.25, 0.3) is 5.69 Å². The van der Waals surface area contributed by atoms with Crippen molar-refractivity contribution in [3.8, 4) is 17.2 Å². The van der Waals surface area contributed by atoms with Gasteiger partial charge in [0.05, 0.1) is 37.2 Å². The van der Waals surface area contributed by atoms with Crippen molar-refractivity contribution in [2.45, 2.75) is 32.5 Å². The predicted octanol–water partition coefficient (Wildman–Crippen LogP) is 5.83. The standard InChI is InChI=1S/C23H23ClF3N3O3/c1-4-10-33-19-9-8-15(11-20(19)32-3)14(2)29-22(31)18-13-28-30(21(18)23(25,26)27)17-7-5-6-16(24)12-17/h5-9,11-14H,4,10H2,1-3H3,(H,29,31). The lowest BCUT2D eigenvalue weighted by molar-refractivity contribution is -0.143. The van der Waals surface area contributed by atoms with Crippen LogP contribution in [0.2, 0.25) is 5.02 Å². The van der Waals surface area contributed by atoms with Gasteiger partial charge in [0.2, 0.25) is 0 Å². The van der Waals surface area contributed by atoms with Gasteiger partial charge < -0.3 is 14.8 Å². The van der Waals surface area contributed by atoms with Crippen molar-refractivity contribution in [2.75, 3.05) is 13.7 Å². The second-order valence-electron chi connectivity index (χ2n) is 7.25. The maximum absolute atomic E-state index is 13.9. The Hall–Kier alpha value is -3.20. The van der Waals surface area contributed by atoms with E-state index in [9.17, 15) is 18.0 Å². The van der Waals surface area contributed by atoms with Crippen molar-refractivity contribution >= 4 is 17.5 Å². The van der Waals surface area contributed by atoms with Gasteiger partial charge in [-0.25, -0.2) is 4.68 Å². The molecule has 33 heavy (non-hydrogen) atoms. The maximum atomic E-state index is 13.9. The fourth-order valence-electron chi connectivity index (χ4n) is 3.23. The minimum absolute atomic E-state index is 0.0920. The summed E-state index contributed by atoms with van der Waals surface area (Å²) in [6.45, 7) is 4.15. The monoisotopic (exact) mass is 481 g/mol. The molecule has 176 valence electrons. The zero-order valence-electron chi connectivity index (χ0n) is 18.2. The first-order chi connectivity index (χ1) is 15.7. The Kier molecular flexibility index (Phi) is 7.53. The molecule has 1 heterocycles. The van der Waals surface area contributed by atoms with Crippen LogP contribution in [0.4, 0.5) is 13.2 Å². The van der Waals surface area contributed by atoms with E-state index in [1.807, 2.05) is 6.92 Å². The lowest BCUT2D eigenvalue weighted by atomic mass is 10.1. The molecule has 3 rings (SSSR count). The molecule has 0 spiro atoms. The van der Waals surface area contributed by atoms with Crippen LogP contribution in [-0.2, 0) is 6.18 Å². The Labute approximate surface area is 194 Å². The Balaban J connectivity index is 1.88. The Morgan fingerprint density at radius 3 is 2.61 bits per heavy atom. The molecule has 0 saturated heterocycles. The van der Waals surface area contributed by atoms with Gasteiger partial charge in [-0.05, 0) is 49.2 Å². The number of benzene rings is 2. The number of rotatable bonds is 8. The van der Waals surface area contributed by atoms with Gasteiger partial charge in [0.15, 0.2) is 17.2 Å². The number of alkyl halides is 3. The summed E-state index contributed by atoms with van der Waals surface area (Å²) in [6.07, 6.45) is -3.11. The third-order valence-corrected chi connectivity index (χ3v) is 5.07. The van der Waals surface area contributed by atoms with Crippen molar-refractivity contribution in [2.24, 2.45) is 0 Å². The summed E-state index contributed by atoms with van der Waals surface area (Å²) in [7, 11) is 1.49. The number of nitrogens with zero attached hydrogens (tertiary/aromatic N) is 2. The van der Waals surface area contributed by atoms with Crippen LogP contribution in [-0.4, -0.2) is 29.4 Å². The molecule has 0 bridgehead atoms. The highest BCUT2D eigenvalue weighted by Gasteiger charge is 2.40. The van der Waals surface area contributed by atoms with Crippen LogP contribution >= 0.6 is 11.6 Å². The van der Waals surface area contributed by atoms with Gasteiger partial charge in [0.25, 0.3) is 5.91 Å². The van der Waals surface area contributed by atoms with Gasteiger partial charge in [-0.1, -0.05) is 30.7 Å². The van der Waals surface area contributed by atoms with Crippen molar-refractivity contribution < 1.29 is 27.4 Å². The predicted molar refractivity (Wildman–Crippen MR) is 118 cm³/mol. The van der Waals surface area contributed by atoms with E-state index in [4.69, 9.17) is 21.1 Å². The van der Waals surface area contributed by atoms with Crippen LogP contribution in [0, 0.1) is 0 Å². The normalized spacial score (nSPS) is 12.3. The average molecular weight is 482 g/mol. The number of carbonyl (C=O) groups is 1. The molecule has 0 fully saturated rings. The highest BCUT2D eigenvalue weighted by atomic mass is 35.5. The van der Waals surface area contributed by atoms with Gasteiger partial charge in [-0.15, -0.1) is 0 Å². The van der Waals surface area contributed by atoms with Gasteiger partial charge in [0.1, 0.15) is 0 Å². The third kappa shape index (κ3) is 5.60. The first-order valence-electron chi connectivity index (χ1n) is 10.2. The minimum Gasteiger partial charge on any atom is -0.493 e. The van der Waals surface area contributed by atoms with Crippen LogP contribution < -0.4 is 14.8 Å². The largest absolute Gasteiger partial charge is 0.493 e. The number of nitrogens with one attached hydrogen (secondary N) is 1. The summed E-state index contributed by atoms with van der Waals surface area (Å²) in [5.41, 5.74) is -1.05. The smallest absolute Gasteiger partial charge is 0.434 e. The number of halogens is 4. The van der Waals surface area contributed by atoms with Crippen molar-refractivity contribution in [1.29, 1.82) is 0 Å². The molecule has 6 nitrogen and oxygen atoms in total. The number of aromatic nitrogens is 2. The fraction of sp³-hybridized carbons (Fsp3) is 0.304. The summed E-state index contributed by atoms with van der Waals surface area (Å²) >= 11 is 5.91. The van der Waals surface area contributed by atoms with Crippen molar-refractivity contribution in [3.05, 3.63) is 70.5 Å². The highest BCUT2D eigenvalue weighted by molar-refractivity contribution is 6.30. The van der Waals surface area contributed by atoms with Gasteiger partial charge >= 0.3 is 6.18 Å². The Morgan fingerprint density at radius 1 is 1.21 bits per heavy atom. The van der Waals surface area contributed by atoms with E-state index in [0.717, 1.165) is 12.6 Å². The van der Waals surface area contributed by atoms with Crippen molar-refractivity contribution in [1.82, 2.24) is 15.1 Å². The van der Waals surface area contributed by atoms with Crippen molar-refractivity contribution in [3.63, 3.8) is 0 Å². The lowest BCUT2D eigenvalue weighted by Gasteiger charge is -2.18. The summed E-state index contributed by atoms with van der Waals surface area (Å²) in [5.74, 6) is 0.101. The van der Waals surface area contributed by atoms with Gasteiger partial charge in [-0.2, -0.15) is 18.3 Å². The van der Waals surface area contributed by atoms with Crippen LogP contribution in [0.5, 0.6) is 11.5 Å². The number of hydrogen-bond acceptors (Lipinski definition) is 4. The molecule has 2 aromatic carbocycles. The molecule has 1 atom stereocenters. The third-order valence-electron chi connectivity index (χ3n) is 4.83. The van der Waals surface area contributed by atoms with E-state index in [0.29, 0.717) is 28.4 Å². The van der Waals surface area contributed by atoms with Gasteiger partial charge in [-0.3, -0.25) is 4.79 Å². The molecule has 1 N–H and O–H groups in total. The molecule has 1 unspecified atom stereocenters. The zero-order chi connectivity index (χ0) is 24.2. The van der Waals surface area contributed by atoms with Crippen LogP contribution in [0.15, 0.2) is 48.7 Å². The first kappa shape index (κ1) is 24.4.